The van der Waals surface area contributed by atoms with E-state index in [9.17, 15) is 9.59 Å². The summed E-state index contributed by atoms with van der Waals surface area (Å²) in [5.41, 5.74) is 5.41. The maximum Gasteiger partial charge on any atom is 0.259 e. The van der Waals surface area contributed by atoms with Gasteiger partial charge in [-0.05, 0) is 36.5 Å². The zero-order chi connectivity index (χ0) is 15.7. The van der Waals surface area contributed by atoms with Crippen LogP contribution in [0.25, 0.3) is 0 Å². The predicted octanol–water partition coefficient (Wildman–Crippen LogP) is 2.04. The summed E-state index contributed by atoms with van der Waals surface area (Å²) in [7, 11) is 1.65. The monoisotopic (exact) mass is 308 g/mol. The van der Waals surface area contributed by atoms with Crippen molar-refractivity contribution in [2.75, 3.05) is 12.4 Å². The normalized spacial score (nSPS) is 26.0. The number of allylic oxidation sites excluding steroid dienone is 2. The second kappa shape index (κ2) is 4.25. The second-order valence-electron chi connectivity index (χ2n) is 6.44. The van der Waals surface area contributed by atoms with Crippen LogP contribution in [0.5, 0.6) is 0 Å². The predicted molar refractivity (Wildman–Crippen MR) is 84.6 cm³/mol. The SMILES string of the molecule is COC1=CC=CC2Nc3c4c(c5c(c3C12)C(=O)NC5=O)CCC4. The summed E-state index contributed by atoms with van der Waals surface area (Å²) in [6, 6.07) is 0.0738. The molecule has 2 amide bonds. The standard InChI is InChI=1S/C18H16N2O3/c1-23-11-7-3-6-10-13(11)14-15-12(17(21)20-18(15)22)8-4-2-5-9(8)16(14)19-10/h3,6-7,10,13,19H,2,4-5H2,1H3,(H,20,21,22). The van der Waals surface area contributed by atoms with Gasteiger partial charge in [-0.2, -0.15) is 0 Å². The van der Waals surface area contributed by atoms with Crippen LogP contribution in [-0.4, -0.2) is 25.0 Å². The van der Waals surface area contributed by atoms with Crippen LogP contribution in [0.1, 0.15) is 49.7 Å². The quantitative estimate of drug-likeness (QED) is 0.779. The Hall–Kier alpha value is -2.56. The molecule has 0 spiro atoms. The molecule has 2 atom stereocenters. The Morgan fingerprint density at radius 3 is 2.74 bits per heavy atom. The smallest absolute Gasteiger partial charge is 0.259 e. The first-order valence-corrected chi connectivity index (χ1v) is 7.97. The highest BCUT2D eigenvalue weighted by molar-refractivity contribution is 6.24. The van der Waals surface area contributed by atoms with Crippen molar-refractivity contribution in [1.82, 2.24) is 5.32 Å². The zero-order valence-corrected chi connectivity index (χ0v) is 12.7. The van der Waals surface area contributed by atoms with Crippen molar-refractivity contribution in [2.24, 2.45) is 0 Å². The van der Waals surface area contributed by atoms with Crippen LogP contribution in [0.3, 0.4) is 0 Å². The Morgan fingerprint density at radius 1 is 1.13 bits per heavy atom. The van der Waals surface area contributed by atoms with Crippen LogP contribution in [0.15, 0.2) is 24.0 Å². The number of anilines is 1. The van der Waals surface area contributed by atoms with Gasteiger partial charge in [-0.3, -0.25) is 14.9 Å². The molecule has 2 heterocycles. The Morgan fingerprint density at radius 2 is 1.91 bits per heavy atom. The molecule has 23 heavy (non-hydrogen) atoms. The molecule has 2 unspecified atom stereocenters. The van der Waals surface area contributed by atoms with E-state index < -0.39 is 0 Å². The van der Waals surface area contributed by atoms with Gasteiger partial charge in [0.2, 0.25) is 0 Å². The highest BCUT2D eigenvalue weighted by Gasteiger charge is 2.46. The van der Waals surface area contributed by atoms with Crippen LogP contribution in [0.4, 0.5) is 5.69 Å². The van der Waals surface area contributed by atoms with Crippen molar-refractivity contribution in [1.29, 1.82) is 0 Å². The summed E-state index contributed by atoms with van der Waals surface area (Å²) in [6.07, 6.45) is 8.85. The first kappa shape index (κ1) is 12.9. The van der Waals surface area contributed by atoms with E-state index in [1.54, 1.807) is 7.11 Å². The number of carbonyl (C=O) groups is 2. The third-order valence-electron chi connectivity index (χ3n) is 5.39. The first-order valence-electron chi connectivity index (χ1n) is 7.97. The van der Waals surface area contributed by atoms with Crippen LogP contribution in [0, 0.1) is 0 Å². The fourth-order valence-corrected chi connectivity index (χ4v) is 4.54. The number of ether oxygens (including phenoxy) is 1. The molecule has 5 heteroatoms. The van der Waals surface area contributed by atoms with E-state index in [0.29, 0.717) is 11.1 Å². The van der Waals surface area contributed by atoms with Crippen molar-refractivity contribution >= 4 is 17.5 Å². The number of hydrogen-bond donors (Lipinski definition) is 2. The molecular weight excluding hydrogens is 292 g/mol. The van der Waals surface area contributed by atoms with Crippen LogP contribution >= 0.6 is 0 Å². The highest BCUT2D eigenvalue weighted by atomic mass is 16.5. The Labute approximate surface area is 133 Å². The molecular formula is C18H16N2O3. The number of fused-ring (bicyclic) bond motifs is 8. The number of imide groups is 1. The van der Waals surface area contributed by atoms with Gasteiger partial charge in [0.1, 0.15) is 5.76 Å². The second-order valence-corrected chi connectivity index (χ2v) is 6.44. The van der Waals surface area contributed by atoms with E-state index in [1.807, 2.05) is 12.2 Å². The van der Waals surface area contributed by atoms with Gasteiger partial charge in [-0.1, -0.05) is 12.2 Å². The third kappa shape index (κ3) is 1.47. The summed E-state index contributed by atoms with van der Waals surface area (Å²) < 4.78 is 5.56. The number of rotatable bonds is 1. The fraction of sp³-hybridized carbons (Fsp3) is 0.333. The number of amides is 2. The zero-order valence-electron chi connectivity index (χ0n) is 12.7. The van der Waals surface area contributed by atoms with Gasteiger partial charge in [0.25, 0.3) is 11.8 Å². The minimum absolute atomic E-state index is 0.0451. The molecule has 1 aromatic rings. The Kier molecular flexibility index (Phi) is 2.39. The number of nitrogens with one attached hydrogen (secondary N) is 2. The maximum atomic E-state index is 12.5. The van der Waals surface area contributed by atoms with Gasteiger partial charge >= 0.3 is 0 Å². The van der Waals surface area contributed by atoms with Gasteiger partial charge in [-0.15, -0.1) is 0 Å². The number of benzene rings is 1. The van der Waals surface area contributed by atoms with Gasteiger partial charge in [0.15, 0.2) is 0 Å². The van der Waals surface area contributed by atoms with E-state index in [-0.39, 0.29) is 23.8 Å². The molecule has 5 rings (SSSR count). The van der Waals surface area contributed by atoms with E-state index in [4.69, 9.17) is 4.74 Å². The van der Waals surface area contributed by atoms with Crippen molar-refractivity contribution in [3.8, 4) is 0 Å². The molecule has 0 aromatic heterocycles. The Bertz CT molecular complexity index is 851. The lowest BCUT2D eigenvalue weighted by Gasteiger charge is -2.23. The number of carbonyl (C=O) groups excluding carboxylic acids is 2. The average Bonchev–Trinajstić information content (AvgIpc) is 3.22. The number of methoxy groups -OCH3 is 1. The molecule has 0 bridgehead atoms. The largest absolute Gasteiger partial charge is 0.500 e. The van der Waals surface area contributed by atoms with Crippen molar-refractivity contribution in [3.63, 3.8) is 0 Å². The summed E-state index contributed by atoms with van der Waals surface area (Å²) in [5.74, 6) is 0.263. The van der Waals surface area contributed by atoms with E-state index >= 15 is 0 Å². The summed E-state index contributed by atoms with van der Waals surface area (Å²) in [5, 5.41) is 6.05. The van der Waals surface area contributed by atoms with E-state index in [0.717, 1.165) is 41.8 Å². The molecule has 2 aliphatic carbocycles. The van der Waals surface area contributed by atoms with Crippen molar-refractivity contribution in [2.45, 2.75) is 31.2 Å². The molecule has 5 nitrogen and oxygen atoms in total. The minimum atomic E-state index is -0.275. The third-order valence-corrected chi connectivity index (χ3v) is 5.39. The first-order chi connectivity index (χ1) is 11.2. The van der Waals surface area contributed by atoms with Crippen molar-refractivity contribution in [3.05, 3.63) is 51.8 Å². The average molecular weight is 308 g/mol. The van der Waals surface area contributed by atoms with Crippen LogP contribution in [-0.2, 0) is 17.6 Å². The van der Waals surface area contributed by atoms with Crippen molar-refractivity contribution < 1.29 is 14.3 Å². The number of hydrogen-bond acceptors (Lipinski definition) is 4. The maximum absolute atomic E-state index is 12.5. The lowest BCUT2D eigenvalue weighted by Crippen LogP contribution is -2.24. The Balaban J connectivity index is 1.85. The lowest BCUT2D eigenvalue weighted by molar-refractivity contribution is 0.0879. The molecule has 116 valence electrons. The summed E-state index contributed by atoms with van der Waals surface area (Å²) in [6.45, 7) is 0. The van der Waals surface area contributed by atoms with Crippen LogP contribution < -0.4 is 10.6 Å². The lowest BCUT2D eigenvalue weighted by atomic mass is 9.83. The van der Waals surface area contributed by atoms with E-state index in [2.05, 4.69) is 16.7 Å². The van der Waals surface area contributed by atoms with Gasteiger partial charge < -0.3 is 10.1 Å². The molecule has 2 N–H and O–H groups in total. The molecule has 4 aliphatic rings. The molecule has 0 saturated carbocycles. The minimum Gasteiger partial charge on any atom is -0.500 e. The highest BCUT2D eigenvalue weighted by Crippen LogP contribution is 2.51. The summed E-state index contributed by atoms with van der Waals surface area (Å²) in [4.78, 5) is 24.8. The molecule has 0 radical (unpaired) electrons. The molecule has 2 aliphatic heterocycles. The van der Waals surface area contributed by atoms with Gasteiger partial charge in [0, 0.05) is 11.3 Å². The molecule has 1 aromatic carbocycles. The molecule has 0 fully saturated rings. The van der Waals surface area contributed by atoms with Gasteiger partial charge in [0.05, 0.1) is 30.2 Å². The van der Waals surface area contributed by atoms with Crippen LogP contribution in [0.2, 0.25) is 0 Å². The van der Waals surface area contributed by atoms with E-state index in [1.165, 1.54) is 5.56 Å². The van der Waals surface area contributed by atoms with Gasteiger partial charge in [-0.25, -0.2) is 0 Å². The summed E-state index contributed by atoms with van der Waals surface area (Å²) >= 11 is 0. The topological polar surface area (TPSA) is 67.4 Å². The molecule has 0 saturated heterocycles. The fourth-order valence-electron chi connectivity index (χ4n) is 4.54.